The zero-order chi connectivity index (χ0) is 20.1. The number of nitro benzene ring substituents is 1. The smallest absolute Gasteiger partial charge is 0.279 e. The molecule has 0 saturated heterocycles. The van der Waals surface area contributed by atoms with Crippen molar-refractivity contribution < 1.29 is 14.1 Å². The van der Waals surface area contributed by atoms with E-state index < -0.39 is 10.7 Å². The molecule has 0 unspecified atom stereocenters. The van der Waals surface area contributed by atoms with Crippen LogP contribution in [0.5, 0.6) is 0 Å². The number of para-hydroxylation sites is 1. The Morgan fingerprint density at radius 2 is 1.93 bits per heavy atom. The summed E-state index contributed by atoms with van der Waals surface area (Å²) in [7, 11) is 0. The maximum atomic E-state index is 14.4. The van der Waals surface area contributed by atoms with Gasteiger partial charge in [-0.3, -0.25) is 14.9 Å². The normalized spacial score (nSPS) is 14.7. The Balaban J connectivity index is 1.58. The number of benzene rings is 2. The van der Waals surface area contributed by atoms with E-state index in [9.17, 15) is 19.3 Å². The molecule has 2 aliphatic rings. The van der Waals surface area contributed by atoms with Crippen molar-refractivity contribution in [2.75, 3.05) is 11.4 Å². The number of carbonyl (C=O) groups is 1. The van der Waals surface area contributed by atoms with Crippen LogP contribution in [0.15, 0.2) is 42.5 Å². The Morgan fingerprint density at radius 3 is 2.72 bits per heavy atom. The molecule has 146 valence electrons. The third kappa shape index (κ3) is 2.71. The lowest BCUT2D eigenvalue weighted by Gasteiger charge is -2.16. The van der Waals surface area contributed by atoms with Crippen molar-refractivity contribution in [3.05, 3.63) is 80.9 Å². The Kier molecular flexibility index (Phi) is 3.94. The van der Waals surface area contributed by atoms with Gasteiger partial charge in [0.2, 0.25) is 0 Å². The molecule has 0 fully saturated rings. The highest BCUT2D eigenvalue weighted by atomic mass is 19.1. The fourth-order valence-electron chi connectivity index (χ4n) is 4.25. The predicted molar refractivity (Wildman–Crippen MR) is 104 cm³/mol. The zero-order valence-corrected chi connectivity index (χ0v) is 15.5. The molecular formula is C21H17FN4O3. The molecule has 7 nitrogen and oxygen atoms in total. The van der Waals surface area contributed by atoms with Gasteiger partial charge in [-0.05, 0) is 43.4 Å². The third-order valence-corrected chi connectivity index (χ3v) is 5.63. The Labute approximate surface area is 165 Å². The van der Waals surface area contributed by atoms with E-state index in [4.69, 9.17) is 0 Å². The monoisotopic (exact) mass is 392 g/mol. The van der Waals surface area contributed by atoms with Crippen LogP contribution < -0.4 is 4.90 Å². The summed E-state index contributed by atoms with van der Waals surface area (Å²) in [5, 5.41) is 15.6. The van der Waals surface area contributed by atoms with Gasteiger partial charge in [-0.1, -0.05) is 18.2 Å². The summed E-state index contributed by atoms with van der Waals surface area (Å²) in [6.45, 7) is 0.441. The summed E-state index contributed by atoms with van der Waals surface area (Å²) in [4.78, 5) is 25.6. The fourth-order valence-corrected chi connectivity index (χ4v) is 4.25. The topological polar surface area (TPSA) is 81.3 Å². The minimum absolute atomic E-state index is 0.0504. The Morgan fingerprint density at radius 1 is 1.10 bits per heavy atom. The molecular weight excluding hydrogens is 375 g/mol. The minimum atomic E-state index is -0.466. The highest BCUT2D eigenvalue weighted by Crippen LogP contribution is 2.35. The maximum absolute atomic E-state index is 14.4. The van der Waals surface area contributed by atoms with Crippen molar-refractivity contribution >= 4 is 17.3 Å². The van der Waals surface area contributed by atoms with E-state index in [0.29, 0.717) is 36.5 Å². The molecule has 0 saturated carbocycles. The van der Waals surface area contributed by atoms with Crippen LogP contribution in [0.2, 0.25) is 0 Å². The van der Waals surface area contributed by atoms with Gasteiger partial charge in [0.1, 0.15) is 11.5 Å². The van der Waals surface area contributed by atoms with E-state index in [1.54, 1.807) is 29.2 Å². The average Bonchev–Trinajstić information content (AvgIpc) is 3.42. The number of halogens is 1. The van der Waals surface area contributed by atoms with Gasteiger partial charge in [0, 0.05) is 29.9 Å². The number of anilines is 1. The molecule has 1 aliphatic carbocycles. The van der Waals surface area contributed by atoms with E-state index in [-0.39, 0.29) is 11.6 Å². The Hall–Kier alpha value is -3.55. The number of aromatic nitrogens is 2. The lowest BCUT2D eigenvalue weighted by molar-refractivity contribution is -0.384. The Bertz CT molecular complexity index is 1170. The van der Waals surface area contributed by atoms with Crippen LogP contribution in [0, 0.1) is 15.9 Å². The van der Waals surface area contributed by atoms with Crippen LogP contribution in [-0.2, 0) is 19.3 Å². The number of nitrogens with zero attached hydrogens (tertiary/aromatic N) is 4. The van der Waals surface area contributed by atoms with E-state index in [1.165, 1.54) is 22.9 Å². The first-order chi connectivity index (χ1) is 14.0. The largest absolute Gasteiger partial charge is 0.306 e. The first kappa shape index (κ1) is 17.5. The van der Waals surface area contributed by atoms with Crippen LogP contribution >= 0.6 is 0 Å². The molecule has 8 heteroatoms. The maximum Gasteiger partial charge on any atom is 0.279 e. The van der Waals surface area contributed by atoms with Crippen molar-refractivity contribution in [3.63, 3.8) is 0 Å². The lowest BCUT2D eigenvalue weighted by atomic mass is 10.1. The molecule has 2 aromatic carbocycles. The van der Waals surface area contributed by atoms with Gasteiger partial charge in [-0.2, -0.15) is 5.10 Å². The number of hydrogen-bond acceptors (Lipinski definition) is 4. The zero-order valence-electron chi connectivity index (χ0n) is 15.5. The summed E-state index contributed by atoms with van der Waals surface area (Å²) < 4.78 is 15.9. The van der Waals surface area contributed by atoms with E-state index in [2.05, 4.69) is 5.10 Å². The van der Waals surface area contributed by atoms with Gasteiger partial charge in [-0.25, -0.2) is 9.07 Å². The third-order valence-electron chi connectivity index (χ3n) is 5.63. The molecule has 0 N–H and O–H groups in total. The molecule has 0 radical (unpaired) electrons. The van der Waals surface area contributed by atoms with E-state index in [1.807, 2.05) is 0 Å². The molecule has 1 aliphatic heterocycles. The van der Waals surface area contributed by atoms with Crippen LogP contribution in [0.3, 0.4) is 0 Å². The van der Waals surface area contributed by atoms with Crippen molar-refractivity contribution in [1.82, 2.24) is 9.78 Å². The average molecular weight is 392 g/mol. The van der Waals surface area contributed by atoms with Gasteiger partial charge in [0.05, 0.1) is 10.6 Å². The molecule has 0 atom stereocenters. The van der Waals surface area contributed by atoms with E-state index in [0.717, 1.165) is 29.7 Å². The van der Waals surface area contributed by atoms with Gasteiger partial charge in [0.15, 0.2) is 5.69 Å². The number of hydrogen-bond donors (Lipinski definition) is 0. The number of fused-ring (bicyclic) bond motifs is 2. The molecule has 2 heterocycles. The minimum Gasteiger partial charge on any atom is -0.306 e. The quantitative estimate of drug-likeness (QED) is 0.504. The second-order valence-electron chi connectivity index (χ2n) is 7.27. The first-order valence-corrected chi connectivity index (χ1v) is 9.49. The molecule has 29 heavy (non-hydrogen) atoms. The van der Waals surface area contributed by atoms with E-state index >= 15 is 0 Å². The highest BCUT2D eigenvalue weighted by molar-refractivity contribution is 6.07. The number of rotatable bonds is 3. The fraction of sp³-hybridized carbons (Fsp3) is 0.238. The summed E-state index contributed by atoms with van der Waals surface area (Å²) in [5.41, 5.74) is 3.73. The summed E-state index contributed by atoms with van der Waals surface area (Å²) in [5.74, 6) is -0.691. The second kappa shape index (κ2) is 6.51. The predicted octanol–water partition coefficient (Wildman–Crippen LogP) is 3.61. The molecule has 5 rings (SSSR count). The summed E-state index contributed by atoms with van der Waals surface area (Å²) in [6.07, 6.45) is 2.95. The number of non-ortho nitro benzene ring substituents is 1. The van der Waals surface area contributed by atoms with Gasteiger partial charge >= 0.3 is 0 Å². The molecule has 0 bridgehead atoms. The van der Waals surface area contributed by atoms with Crippen LogP contribution in [0.4, 0.5) is 15.8 Å². The molecule has 3 aromatic rings. The van der Waals surface area contributed by atoms with Crippen molar-refractivity contribution in [2.24, 2.45) is 0 Å². The second-order valence-corrected chi connectivity index (χ2v) is 7.27. The first-order valence-electron chi connectivity index (χ1n) is 9.49. The highest BCUT2D eigenvalue weighted by Gasteiger charge is 2.34. The standard InChI is InChI=1S/C21H17FN4O3/c22-16-5-1-2-6-18(16)25-17-7-3-4-15(17)20(23-25)21(27)24-11-10-13-8-9-14(26(28)29)12-19(13)24/h1-2,5-6,8-9,12H,3-4,7,10-11H2. The van der Waals surface area contributed by atoms with Crippen LogP contribution in [-0.4, -0.2) is 27.2 Å². The molecule has 0 spiro atoms. The summed E-state index contributed by atoms with van der Waals surface area (Å²) >= 11 is 0. The summed E-state index contributed by atoms with van der Waals surface area (Å²) in [6, 6.07) is 11.0. The molecule has 1 aromatic heterocycles. The van der Waals surface area contributed by atoms with Crippen molar-refractivity contribution in [1.29, 1.82) is 0 Å². The van der Waals surface area contributed by atoms with Crippen LogP contribution in [0.25, 0.3) is 5.69 Å². The SMILES string of the molecule is O=C(c1nn(-c2ccccc2F)c2c1CCC2)N1CCc2ccc([N+](=O)[O-])cc21. The van der Waals surface area contributed by atoms with Crippen molar-refractivity contribution in [3.8, 4) is 5.69 Å². The number of nitro groups is 1. The number of carbonyl (C=O) groups excluding carboxylic acids is 1. The van der Waals surface area contributed by atoms with Gasteiger partial charge < -0.3 is 4.90 Å². The van der Waals surface area contributed by atoms with Crippen molar-refractivity contribution in [2.45, 2.75) is 25.7 Å². The van der Waals surface area contributed by atoms with Gasteiger partial charge in [0.25, 0.3) is 11.6 Å². The van der Waals surface area contributed by atoms with Crippen LogP contribution in [0.1, 0.15) is 33.7 Å². The van der Waals surface area contributed by atoms with Gasteiger partial charge in [-0.15, -0.1) is 0 Å². The molecule has 1 amide bonds. The number of amides is 1. The lowest BCUT2D eigenvalue weighted by Crippen LogP contribution is -2.30.